The molecular formula is C13H18FNO. The van der Waals surface area contributed by atoms with E-state index in [9.17, 15) is 9.50 Å². The van der Waals surface area contributed by atoms with Crippen molar-refractivity contribution in [3.63, 3.8) is 0 Å². The van der Waals surface area contributed by atoms with Gasteiger partial charge < -0.3 is 10.4 Å². The topological polar surface area (TPSA) is 32.3 Å². The van der Waals surface area contributed by atoms with Gasteiger partial charge in [0.25, 0.3) is 0 Å². The van der Waals surface area contributed by atoms with Gasteiger partial charge in [-0.1, -0.05) is 6.92 Å². The van der Waals surface area contributed by atoms with Crippen molar-refractivity contribution in [1.82, 2.24) is 0 Å². The van der Waals surface area contributed by atoms with Crippen LogP contribution in [0.3, 0.4) is 0 Å². The minimum Gasteiger partial charge on any atom is -0.394 e. The molecule has 0 aromatic heterocycles. The van der Waals surface area contributed by atoms with Crippen molar-refractivity contribution in [3.05, 3.63) is 30.1 Å². The molecule has 1 saturated carbocycles. The molecule has 1 aromatic rings. The van der Waals surface area contributed by atoms with Gasteiger partial charge in [-0.25, -0.2) is 4.39 Å². The Morgan fingerprint density at radius 3 is 2.62 bits per heavy atom. The molecule has 0 spiro atoms. The summed E-state index contributed by atoms with van der Waals surface area (Å²) in [7, 11) is 0. The van der Waals surface area contributed by atoms with E-state index in [2.05, 4.69) is 12.2 Å². The molecule has 88 valence electrons. The fourth-order valence-corrected chi connectivity index (χ4v) is 2.53. The van der Waals surface area contributed by atoms with Gasteiger partial charge in [-0.2, -0.15) is 0 Å². The highest BCUT2D eigenvalue weighted by Gasteiger charge is 2.36. The van der Waals surface area contributed by atoms with Gasteiger partial charge in [0, 0.05) is 5.69 Å². The Hall–Kier alpha value is -1.09. The summed E-state index contributed by atoms with van der Waals surface area (Å²) >= 11 is 0. The first-order valence-electron chi connectivity index (χ1n) is 5.78. The molecule has 1 aromatic carbocycles. The predicted molar refractivity (Wildman–Crippen MR) is 62.9 cm³/mol. The zero-order valence-corrected chi connectivity index (χ0v) is 9.54. The van der Waals surface area contributed by atoms with E-state index >= 15 is 0 Å². The zero-order chi connectivity index (χ0) is 11.6. The van der Waals surface area contributed by atoms with Crippen molar-refractivity contribution in [3.8, 4) is 0 Å². The Balaban J connectivity index is 2.10. The van der Waals surface area contributed by atoms with Crippen molar-refractivity contribution in [2.75, 3.05) is 11.9 Å². The lowest BCUT2D eigenvalue weighted by Crippen LogP contribution is -2.39. The fraction of sp³-hybridized carbons (Fsp3) is 0.538. The number of hydrogen-bond donors (Lipinski definition) is 2. The molecule has 1 aliphatic rings. The molecule has 3 heteroatoms. The third-order valence-electron chi connectivity index (χ3n) is 3.41. The van der Waals surface area contributed by atoms with Crippen LogP contribution in [0.2, 0.25) is 0 Å². The van der Waals surface area contributed by atoms with Gasteiger partial charge in [0.2, 0.25) is 0 Å². The number of rotatable bonds is 3. The standard InChI is InChI=1S/C13H18FNO/c1-10-6-7-13(8-10,9-16)15-12-4-2-11(14)3-5-12/h2-5,10,15-16H,6-9H2,1H3. The maximum absolute atomic E-state index is 12.8. The van der Waals surface area contributed by atoms with Crippen molar-refractivity contribution in [2.24, 2.45) is 5.92 Å². The maximum atomic E-state index is 12.8. The Morgan fingerprint density at radius 1 is 1.44 bits per heavy atom. The summed E-state index contributed by atoms with van der Waals surface area (Å²) in [6.07, 6.45) is 3.08. The Bertz CT molecular complexity index is 351. The highest BCUT2D eigenvalue weighted by molar-refractivity contribution is 5.46. The molecule has 2 atom stereocenters. The summed E-state index contributed by atoms with van der Waals surface area (Å²) in [5.74, 6) is 0.406. The van der Waals surface area contributed by atoms with Gasteiger partial charge in [0.1, 0.15) is 5.82 Å². The van der Waals surface area contributed by atoms with Crippen LogP contribution in [0.5, 0.6) is 0 Å². The zero-order valence-electron chi connectivity index (χ0n) is 9.54. The van der Waals surface area contributed by atoms with Crippen molar-refractivity contribution in [2.45, 2.75) is 31.7 Å². The number of nitrogens with one attached hydrogen (secondary N) is 1. The summed E-state index contributed by atoms with van der Waals surface area (Å²) in [6.45, 7) is 2.33. The molecule has 2 rings (SSSR count). The molecule has 16 heavy (non-hydrogen) atoms. The average Bonchev–Trinajstić information content (AvgIpc) is 2.64. The number of halogens is 1. The summed E-state index contributed by atoms with van der Waals surface area (Å²) in [5.41, 5.74) is 0.668. The molecular weight excluding hydrogens is 205 g/mol. The minimum absolute atomic E-state index is 0.134. The van der Waals surface area contributed by atoms with Crippen molar-refractivity contribution in [1.29, 1.82) is 0 Å². The predicted octanol–water partition coefficient (Wildman–Crippen LogP) is 2.79. The maximum Gasteiger partial charge on any atom is 0.123 e. The lowest BCUT2D eigenvalue weighted by Gasteiger charge is -2.29. The Kier molecular flexibility index (Phi) is 3.15. The third-order valence-corrected chi connectivity index (χ3v) is 3.41. The van der Waals surface area contributed by atoms with Gasteiger partial charge in [0.15, 0.2) is 0 Å². The lowest BCUT2D eigenvalue weighted by atomic mass is 9.97. The van der Waals surface area contributed by atoms with Crippen molar-refractivity contribution < 1.29 is 9.50 Å². The molecule has 0 radical (unpaired) electrons. The van der Waals surface area contributed by atoms with Gasteiger partial charge in [-0.05, 0) is 49.4 Å². The SMILES string of the molecule is CC1CCC(CO)(Nc2ccc(F)cc2)C1. The second-order valence-electron chi connectivity index (χ2n) is 4.92. The quantitative estimate of drug-likeness (QED) is 0.825. The molecule has 0 saturated heterocycles. The normalized spacial score (nSPS) is 29.3. The van der Waals surface area contributed by atoms with Crippen molar-refractivity contribution >= 4 is 5.69 Å². The fourth-order valence-electron chi connectivity index (χ4n) is 2.53. The second kappa shape index (κ2) is 4.42. The van der Waals surface area contributed by atoms with Crippen LogP contribution in [-0.4, -0.2) is 17.3 Å². The first kappa shape index (κ1) is 11.4. The number of aliphatic hydroxyl groups excluding tert-OH is 1. The van der Waals surface area contributed by atoms with E-state index in [4.69, 9.17) is 0 Å². The molecule has 2 nitrogen and oxygen atoms in total. The molecule has 0 amide bonds. The molecule has 0 heterocycles. The molecule has 2 unspecified atom stereocenters. The van der Waals surface area contributed by atoms with E-state index in [0.29, 0.717) is 5.92 Å². The summed E-state index contributed by atoms with van der Waals surface area (Å²) in [5, 5.41) is 12.9. The number of benzene rings is 1. The third kappa shape index (κ3) is 2.35. The first-order valence-corrected chi connectivity index (χ1v) is 5.78. The highest BCUT2D eigenvalue weighted by atomic mass is 19.1. The molecule has 1 aliphatic carbocycles. The van der Waals surface area contributed by atoms with E-state index < -0.39 is 0 Å². The second-order valence-corrected chi connectivity index (χ2v) is 4.92. The van der Waals surface area contributed by atoms with Crippen LogP contribution in [0, 0.1) is 11.7 Å². The monoisotopic (exact) mass is 223 g/mol. The first-order chi connectivity index (χ1) is 7.63. The van der Waals surface area contributed by atoms with Crippen LogP contribution in [0.25, 0.3) is 0 Å². The van der Waals surface area contributed by atoms with Gasteiger partial charge in [0.05, 0.1) is 12.1 Å². The van der Waals surface area contributed by atoms with E-state index in [0.717, 1.165) is 24.9 Å². The highest BCUT2D eigenvalue weighted by Crippen LogP contribution is 2.36. The van der Waals surface area contributed by atoms with Gasteiger partial charge in [-0.15, -0.1) is 0 Å². The Morgan fingerprint density at radius 2 is 2.12 bits per heavy atom. The van der Waals surface area contributed by atoms with E-state index in [1.54, 1.807) is 12.1 Å². The lowest BCUT2D eigenvalue weighted by molar-refractivity contribution is 0.211. The molecule has 2 N–H and O–H groups in total. The number of hydrogen-bond acceptors (Lipinski definition) is 2. The summed E-state index contributed by atoms with van der Waals surface area (Å²) in [4.78, 5) is 0. The smallest absolute Gasteiger partial charge is 0.123 e. The van der Waals surface area contributed by atoms with E-state index in [1.807, 2.05) is 0 Å². The van der Waals surface area contributed by atoms with Crippen LogP contribution in [0.4, 0.5) is 10.1 Å². The van der Waals surface area contributed by atoms with Crippen LogP contribution in [-0.2, 0) is 0 Å². The van der Waals surface area contributed by atoms with Crippen LogP contribution >= 0.6 is 0 Å². The van der Waals surface area contributed by atoms with Gasteiger partial charge >= 0.3 is 0 Å². The molecule has 0 aliphatic heterocycles. The summed E-state index contributed by atoms with van der Waals surface area (Å²) < 4.78 is 12.8. The van der Waals surface area contributed by atoms with Crippen LogP contribution < -0.4 is 5.32 Å². The Labute approximate surface area is 95.5 Å². The largest absolute Gasteiger partial charge is 0.394 e. The van der Waals surface area contributed by atoms with E-state index in [-0.39, 0.29) is 18.0 Å². The van der Waals surface area contributed by atoms with E-state index in [1.165, 1.54) is 12.1 Å². The summed E-state index contributed by atoms with van der Waals surface area (Å²) in [6, 6.07) is 6.31. The van der Waals surface area contributed by atoms with Crippen LogP contribution in [0.1, 0.15) is 26.2 Å². The van der Waals surface area contributed by atoms with Crippen LogP contribution in [0.15, 0.2) is 24.3 Å². The van der Waals surface area contributed by atoms with Gasteiger partial charge in [-0.3, -0.25) is 0 Å². The number of aliphatic hydroxyl groups is 1. The molecule has 0 bridgehead atoms. The molecule has 1 fully saturated rings. The minimum atomic E-state index is -0.233. The average molecular weight is 223 g/mol. The number of anilines is 1.